The van der Waals surface area contributed by atoms with E-state index in [0.29, 0.717) is 19.0 Å². The van der Waals surface area contributed by atoms with Gasteiger partial charge in [-0.2, -0.15) is 0 Å². The van der Waals surface area contributed by atoms with E-state index in [2.05, 4.69) is 9.72 Å². The Kier molecular flexibility index (Phi) is 8.10. The molecule has 0 saturated carbocycles. The van der Waals surface area contributed by atoms with Crippen molar-refractivity contribution in [3.05, 3.63) is 29.6 Å². The number of rotatable bonds is 4. The van der Waals surface area contributed by atoms with Gasteiger partial charge in [0, 0.05) is 17.5 Å². The number of hydrogen-bond acceptors (Lipinski definition) is 5. The summed E-state index contributed by atoms with van der Waals surface area (Å²) in [5.41, 5.74) is 7.17. The van der Waals surface area contributed by atoms with Gasteiger partial charge in [0.25, 0.3) is 6.47 Å². The molecule has 0 fully saturated rings. The Hall–Kier alpha value is -2.04. The van der Waals surface area contributed by atoms with Crippen LogP contribution in [0.1, 0.15) is 19.4 Å². The molecule has 1 heterocycles. The molecule has 0 bridgehead atoms. The average molecular weight is 238 g/mol. The second-order valence-corrected chi connectivity index (χ2v) is 3.04. The van der Waals surface area contributed by atoms with Crippen LogP contribution in [0, 0.1) is 0 Å². The molecule has 0 unspecified atom stereocenters. The van der Waals surface area contributed by atoms with Crippen LogP contribution < -0.4 is 10.5 Å². The predicted molar refractivity (Wildman–Crippen MR) is 66.3 cm³/mol. The number of allylic oxidation sites excluding steroid dienone is 1. The summed E-state index contributed by atoms with van der Waals surface area (Å²) >= 11 is 0. The third-order valence-corrected chi connectivity index (χ3v) is 1.61. The van der Waals surface area contributed by atoms with Gasteiger partial charge >= 0.3 is 0 Å². The Morgan fingerprint density at radius 2 is 2.29 bits per heavy atom. The minimum absolute atomic E-state index is 0.431. The van der Waals surface area contributed by atoms with Gasteiger partial charge in [-0.25, -0.2) is 4.98 Å². The Morgan fingerprint density at radius 3 is 2.71 bits per heavy atom. The lowest BCUT2D eigenvalue weighted by Crippen LogP contribution is -1.93. The third-order valence-electron chi connectivity index (χ3n) is 1.61. The lowest BCUT2D eigenvalue weighted by Gasteiger charge is -2.02. The summed E-state index contributed by atoms with van der Waals surface area (Å²) in [7, 11) is 1.59. The molecule has 5 nitrogen and oxygen atoms in total. The highest BCUT2D eigenvalue weighted by Gasteiger charge is 1.98. The first-order valence-corrected chi connectivity index (χ1v) is 5.13. The molecule has 0 spiro atoms. The predicted octanol–water partition coefficient (Wildman–Crippen LogP) is 1.59. The van der Waals surface area contributed by atoms with Crippen LogP contribution >= 0.6 is 0 Å². The molecule has 0 aliphatic rings. The minimum Gasteiger partial charge on any atom is -0.481 e. The smallest absolute Gasteiger partial charge is 0.293 e. The Labute approximate surface area is 101 Å². The van der Waals surface area contributed by atoms with Crippen molar-refractivity contribution in [3.63, 3.8) is 0 Å². The summed E-state index contributed by atoms with van der Waals surface area (Å²) in [6.07, 6.45) is 3.51. The van der Waals surface area contributed by atoms with Gasteiger partial charge in [-0.3, -0.25) is 4.79 Å². The summed E-state index contributed by atoms with van der Waals surface area (Å²) in [5, 5.41) is 0. The van der Waals surface area contributed by atoms with Gasteiger partial charge in [0.2, 0.25) is 5.88 Å². The van der Waals surface area contributed by atoms with Crippen LogP contribution in [-0.2, 0) is 9.53 Å². The van der Waals surface area contributed by atoms with Crippen molar-refractivity contribution in [1.29, 1.82) is 0 Å². The van der Waals surface area contributed by atoms with E-state index in [1.165, 1.54) is 0 Å². The second kappa shape index (κ2) is 9.21. The van der Waals surface area contributed by atoms with Crippen LogP contribution in [0.3, 0.4) is 0 Å². The van der Waals surface area contributed by atoms with Crippen molar-refractivity contribution in [2.45, 2.75) is 13.8 Å². The maximum atomic E-state index is 9.18. The molecule has 94 valence electrons. The van der Waals surface area contributed by atoms with E-state index in [4.69, 9.17) is 10.5 Å². The minimum atomic E-state index is 0.431. The highest BCUT2D eigenvalue weighted by molar-refractivity contribution is 5.56. The van der Waals surface area contributed by atoms with Crippen molar-refractivity contribution in [3.8, 4) is 5.88 Å². The molecule has 1 rings (SSSR count). The fraction of sp³-hybridized carbons (Fsp3) is 0.333. The van der Waals surface area contributed by atoms with E-state index in [9.17, 15) is 4.79 Å². The van der Waals surface area contributed by atoms with Crippen molar-refractivity contribution < 1.29 is 14.3 Å². The number of ether oxygens (including phenoxy) is 2. The fourth-order valence-electron chi connectivity index (χ4n) is 0.997. The summed E-state index contributed by atoms with van der Waals surface area (Å²) in [5.74, 6) is 0.599. The van der Waals surface area contributed by atoms with Gasteiger partial charge in [0.1, 0.15) is 0 Å². The molecule has 0 aromatic carbocycles. The maximum absolute atomic E-state index is 9.18. The average Bonchev–Trinajstić information content (AvgIpc) is 2.31. The van der Waals surface area contributed by atoms with Crippen LogP contribution in [0.25, 0.3) is 6.08 Å². The van der Waals surface area contributed by atoms with E-state index >= 15 is 0 Å². The van der Waals surface area contributed by atoms with Crippen LogP contribution in [0.5, 0.6) is 5.88 Å². The van der Waals surface area contributed by atoms with Gasteiger partial charge in [-0.05, 0) is 32.1 Å². The summed E-state index contributed by atoms with van der Waals surface area (Å²) in [6, 6.07) is 3.75. The highest BCUT2D eigenvalue weighted by Crippen LogP contribution is 2.15. The number of nitrogens with two attached hydrogens (primary N) is 1. The van der Waals surface area contributed by atoms with Gasteiger partial charge < -0.3 is 15.2 Å². The Balaban J connectivity index is 0.000000437. The number of pyridine rings is 1. The zero-order valence-corrected chi connectivity index (χ0v) is 10.3. The van der Waals surface area contributed by atoms with E-state index in [1.54, 1.807) is 20.2 Å². The molecule has 2 N–H and O–H groups in total. The Morgan fingerprint density at radius 1 is 1.59 bits per heavy atom. The largest absolute Gasteiger partial charge is 0.481 e. The molecule has 0 amide bonds. The normalized spacial score (nSPS) is 9.94. The SMILES string of the molecule is CCOC=O.COc1ncccc1/C=C(/C)N. The number of methoxy groups -OCH3 is 1. The molecule has 17 heavy (non-hydrogen) atoms. The summed E-state index contributed by atoms with van der Waals surface area (Å²) in [6.45, 7) is 4.49. The number of hydrogen-bond donors (Lipinski definition) is 1. The van der Waals surface area contributed by atoms with Gasteiger partial charge in [0.05, 0.1) is 13.7 Å². The van der Waals surface area contributed by atoms with E-state index in [0.717, 1.165) is 11.3 Å². The highest BCUT2D eigenvalue weighted by atomic mass is 16.5. The van der Waals surface area contributed by atoms with Crippen LogP contribution in [0.4, 0.5) is 0 Å². The zero-order valence-electron chi connectivity index (χ0n) is 10.3. The number of carbonyl (C=O) groups is 1. The molecule has 0 aliphatic heterocycles. The summed E-state index contributed by atoms with van der Waals surface area (Å²) < 4.78 is 9.19. The molecule has 0 aliphatic carbocycles. The maximum Gasteiger partial charge on any atom is 0.293 e. The van der Waals surface area contributed by atoms with E-state index < -0.39 is 0 Å². The van der Waals surface area contributed by atoms with Crippen molar-refractivity contribution in [2.24, 2.45) is 5.73 Å². The zero-order chi connectivity index (χ0) is 13.1. The summed E-state index contributed by atoms with van der Waals surface area (Å²) in [4.78, 5) is 13.2. The molecule has 0 radical (unpaired) electrons. The number of aromatic nitrogens is 1. The van der Waals surface area contributed by atoms with Crippen LogP contribution in [0.2, 0.25) is 0 Å². The first kappa shape index (κ1) is 15.0. The first-order chi connectivity index (χ1) is 8.15. The van der Waals surface area contributed by atoms with E-state index in [-0.39, 0.29) is 0 Å². The monoisotopic (exact) mass is 238 g/mol. The molecule has 1 aromatic heterocycles. The lowest BCUT2D eigenvalue weighted by molar-refractivity contribution is -0.128. The second-order valence-electron chi connectivity index (χ2n) is 3.04. The molecular weight excluding hydrogens is 220 g/mol. The number of carbonyl (C=O) groups excluding carboxylic acids is 1. The van der Waals surface area contributed by atoms with Gasteiger partial charge in [0.15, 0.2) is 0 Å². The standard InChI is InChI=1S/C9H12N2O.C3H6O2/c1-7(10)6-8-4-3-5-11-9(8)12-2;1-2-5-3-4/h3-6H,10H2,1-2H3;3H,2H2,1H3/b7-6-;. The molecule has 0 atom stereocenters. The van der Waals surface area contributed by atoms with Gasteiger partial charge in [-0.1, -0.05) is 0 Å². The fourth-order valence-corrected chi connectivity index (χ4v) is 0.997. The molecule has 5 heteroatoms. The van der Waals surface area contributed by atoms with Crippen molar-refractivity contribution in [2.75, 3.05) is 13.7 Å². The third kappa shape index (κ3) is 6.94. The van der Waals surface area contributed by atoms with Crippen LogP contribution in [-0.4, -0.2) is 25.2 Å². The molecule has 0 saturated heterocycles. The van der Waals surface area contributed by atoms with Gasteiger partial charge in [-0.15, -0.1) is 0 Å². The number of nitrogens with zero attached hydrogens (tertiary/aromatic N) is 1. The molecule has 1 aromatic rings. The van der Waals surface area contributed by atoms with Crippen molar-refractivity contribution in [1.82, 2.24) is 4.98 Å². The van der Waals surface area contributed by atoms with E-state index in [1.807, 2.05) is 25.1 Å². The quantitative estimate of drug-likeness (QED) is 0.806. The first-order valence-electron chi connectivity index (χ1n) is 5.13. The molecular formula is C12H18N2O3. The van der Waals surface area contributed by atoms with Crippen LogP contribution in [0.15, 0.2) is 24.0 Å². The van der Waals surface area contributed by atoms with Crippen molar-refractivity contribution >= 4 is 12.5 Å². The lowest BCUT2D eigenvalue weighted by atomic mass is 10.2. The Bertz CT molecular complexity index is 361. The topological polar surface area (TPSA) is 74.4 Å².